The number of hydrogen-bond acceptors (Lipinski definition) is 7. The van der Waals surface area contributed by atoms with Gasteiger partial charge in [-0.3, -0.25) is 0 Å². The molecular weight excluding hydrogens is 455 g/mol. The van der Waals surface area contributed by atoms with E-state index in [1.54, 1.807) is 13.1 Å². The third-order valence-corrected chi connectivity index (χ3v) is 6.46. The quantitative estimate of drug-likeness (QED) is 0.330. The first-order valence-electron chi connectivity index (χ1n) is 11.2. The molecule has 4 N–H and O–H groups in total. The Morgan fingerprint density at radius 3 is 2.57 bits per heavy atom. The van der Waals surface area contributed by atoms with Gasteiger partial charge in [0.1, 0.15) is 60.7 Å². The van der Waals surface area contributed by atoms with Crippen molar-refractivity contribution in [3.63, 3.8) is 0 Å². The number of halogens is 2. The summed E-state index contributed by atoms with van der Waals surface area (Å²) < 4.78 is 41.4. The molecule has 2 aromatic heterocycles. The summed E-state index contributed by atoms with van der Waals surface area (Å²) in [4.78, 5) is 16.8. The number of hydrogen-bond donors (Lipinski definition) is 4. The van der Waals surface area contributed by atoms with E-state index in [2.05, 4.69) is 31.3 Å². The zero-order valence-electron chi connectivity index (χ0n) is 20.0. The molecule has 1 aromatic carbocycles. The molecule has 1 fully saturated rings. The maximum atomic E-state index is 14.5. The molecule has 3 aromatic rings. The van der Waals surface area contributed by atoms with Crippen LogP contribution in [-0.4, -0.2) is 82.1 Å². The smallest absolute Gasteiger partial charge is 0.319 e. The Hall–Kier alpha value is -3.57. The molecule has 10 nitrogen and oxygen atoms in total. The maximum Gasteiger partial charge on any atom is 0.319 e. The third kappa shape index (κ3) is 4.21. The molecule has 1 aliphatic heterocycles. The predicted molar refractivity (Wildman–Crippen MR) is 139 cm³/mol. The molecule has 35 heavy (non-hydrogen) atoms. The Morgan fingerprint density at radius 2 is 1.89 bits per heavy atom. The highest BCUT2D eigenvalue weighted by Gasteiger charge is 2.45. The van der Waals surface area contributed by atoms with Gasteiger partial charge < -0.3 is 30.7 Å². The minimum Gasteiger partial charge on any atom is -0.499 e. The number of carbonyl (C=O) groups is 1. The Kier molecular flexibility index (Phi) is 5.29. The van der Waals surface area contributed by atoms with Crippen molar-refractivity contribution < 1.29 is 23.0 Å². The van der Waals surface area contributed by atoms with Crippen molar-refractivity contribution in [3.8, 4) is 11.5 Å². The van der Waals surface area contributed by atoms with Crippen LogP contribution in [0.3, 0.4) is 0 Å². The largest absolute Gasteiger partial charge is 0.499 e. The lowest BCUT2D eigenvalue weighted by Crippen LogP contribution is -2.65. The van der Waals surface area contributed by atoms with Gasteiger partial charge in [-0.1, -0.05) is 0 Å². The topological polar surface area (TPSA) is 114 Å². The molecule has 2 aliphatic rings. The number of benzene rings is 1. The van der Waals surface area contributed by atoms with Gasteiger partial charge in [0, 0.05) is 31.7 Å². The number of nitrogens with zero attached hydrogens (tertiary/aromatic N) is 3. The van der Waals surface area contributed by atoms with Crippen molar-refractivity contribution in [2.24, 2.45) is 0 Å². The number of ether oxygens (including phenoxy) is 2. The van der Waals surface area contributed by atoms with Crippen LogP contribution in [0.2, 0.25) is 0 Å². The summed E-state index contributed by atoms with van der Waals surface area (Å²) in [6.07, 6.45) is 0.724. The highest BCUT2D eigenvalue weighted by molar-refractivity contribution is 6.53. The Balaban J connectivity index is 1.49. The van der Waals surface area contributed by atoms with E-state index in [1.165, 1.54) is 22.8 Å². The van der Waals surface area contributed by atoms with Crippen LogP contribution in [0.5, 0.6) is 11.5 Å². The summed E-state index contributed by atoms with van der Waals surface area (Å²) in [7, 11) is 9.26. The number of nitrogens with one attached hydrogen (secondary N) is 4. The van der Waals surface area contributed by atoms with Crippen LogP contribution >= 0.6 is 0 Å². The average molecular weight is 479 g/mol. The van der Waals surface area contributed by atoms with Crippen LogP contribution in [0.1, 0.15) is 6.42 Å². The van der Waals surface area contributed by atoms with Crippen LogP contribution in [-0.2, 0) is 0 Å². The van der Waals surface area contributed by atoms with Crippen LogP contribution in [0.15, 0.2) is 24.4 Å². The van der Waals surface area contributed by atoms with Crippen LogP contribution in [0, 0.1) is 5.82 Å². The highest BCUT2D eigenvalue weighted by Crippen LogP contribution is 2.45. The number of amides is 2. The molecule has 3 heterocycles. The fraction of sp³-hybridized carbons (Fsp3) is 0.316. The lowest BCUT2D eigenvalue weighted by atomic mass is 9.41. The van der Waals surface area contributed by atoms with Crippen LogP contribution < -0.4 is 30.7 Å². The van der Waals surface area contributed by atoms with Gasteiger partial charge in [0.05, 0.1) is 28.7 Å². The van der Waals surface area contributed by atoms with Crippen molar-refractivity contribution in [1.29, 1.82) is 0 Å². The van der Waals surface area contributed by atoms with E-state index in [9.17, 15) is 13.6 Å². The molecule has 2 amide bonds. The van der Waals surface area contributed by atoms with Crippen molar-refractivity contribution >= 4 is 66.1 Å². The Bertz CT molecular complexity index is 1340. The average Bonchev–Trinajstić information content (AvgIpc) is 3.30. The summed E-state index contributed by atoms with van der Waals surface area (Å²) in [5, 5.41) is 14.2. The molecule has 2 atom stereocenters. The van der Waals surface area contributed by atoms with E-state index < -0.39 is 34.9 Å². The standard InChI is InChI=1S/C19H23B4F2N7O3/c1-26-14-5-13(31-16-11(6-27-32(14)16)30-17(33)29-9-4-8(9)25)28-10-2-7(24)3-12-15(10)35-19(22,23)18(20,21)34-12/h2-3,5-6,8-9,26H,4,20-23H2,1H3,(H,28,31)(H2,29,30,33)/t8-,9+/m0/s1. The molecule has 1 aliphatic carbocycles. The van der Waals surface area contributed by atoms with Gasteiger partial charge in [-0.2, -0.15) is 9.61 Å². The number of alkyl halides is 1. The second kappa shape index (κ2) is 7.99. The second-order valence-electron chi connectivity index (χ2n) is 9.66. The number of rotatable bonds is 5. The number of anilines is 4. The lowest BCUT2D eigenvalue weighted by molar-refractivity contribution is 0.0621. The second-order valence-corrected chi connectivity index (χ2v) is 9.66. The van der Waals surface area contributed by atoms with Crippen LogP contribution in [0.25, 0.3) is 5.65 Å². The molecule has 0 bridgehead atoms. The van der Waals surface area contributed by atoms with E-state index in [-0.39, 0.29) is 5.75 Å². The first kappa shape index (κ1) is 23.2. The fourth-order valence-electron chi connectivity index (χ4n) is 3.69. The van der Waals surface area contributed by atoms with Crippen LogP contribution in [0.4, 0.5) is 36.6 Å². The number of urea groups is 1. The molecule has 0 spiro atoms. The molecule has 1 saturated carbocycles. The Morgan fingerprint density at radius 1 is 1.17 bits per heavy atom. The molecular formula is C19H23B4F2N7O3. The van der Waals surface area contributed by atoms with Gasteiger partial charge >= 0.3 is 6.03 Å². The van der Waals surface area contributed by atoms with E-state index in [4.69, 9.17) is 9.47 Å². The highest BCUT2D eigenvalue weighted by atomic mass is 19.1. The molecule has 178 valence electrons. The van der Waals surface area contributed by atoms with E-state index in [0.29, 0.717) is 40.8 Å². The molecule has 16 heteroatoms. The minimum absolute atomic E-state index is 0.279. The summed E-state index contributed by atoms with van der Waals surface area (Å²) in [5.41, 5.74) is 0.977. The summed E-state index contributed by atoms with van der Waals surface area (Å²) in [5.74, 6) is 1.04. The lowest BCUT2D eigenvalue weighted by Gasteiger charge is -2.47. The monoisotopic (exact) mass is 479 g/mol. The van der Waals surface area contributed by atoms with Gasteiger partial charge in [-0.25, -0.2) is 18.6 Å². The zero-order valence-corrected chi connectivity index (χ0v) is 20.0. The van der Waals surface area contributed by atoms with Crippen molar-refractivity contribution in [2.45, 2.75) is 29.4 Å². The van der Waals surface area contributed by atoms with E-state index in [0.717, 1.165) is 0 Å². The van der Waals surface area contributed by atoms with Gasteiger partial charge in [0.15, 0.2) is 17.1 Å². The molecule has 0 unspecified atom stereocenters. The van der Waals surface area contributed by atoms with Gasteiger partial charge in [0.2, 0.25) is 0 Å². The van der Waals surface area contributed by atoms with Gasteiger partial charge in [-0.05, 0) is 0 Å². The van der Waals surface area contributed by atoms with Gasteiger partial charge in [0.25, 0.3) is 0 Å². The van der Waals surface area contributed by atoms with Crippen molar-refractivity contribution in [3.05, 3.63) is 30.2 Å². The molecule has 5 rings (SSSR count). The first-order chi connectivity index (χ1) is 16.5. The minimum atomic E-state index is -1.02. The van der Waals surface area contributed by atoms with E-state index >= 15 is 0 Å². The number of carbonyl (C=O) groups excluding carboxylic acids is 1. The fourth-order valence-corrected chi connectivity index (χ4v) is 3.69. The zero-order chi connectivity index (χ0) is 25.1. The van der Waals surface area contributed by atoms with Crippen molar-refractivity contribution in [1.82, 2.24) is 19.9 Å². The number of aromatic nitrogens is 3. The van der Waals surface area contributed by atoms with Gasteiger partial charge in [-0.15, -0.1) is 0 Å². The summed E-state index contributed by atoms with van der Waals surface area (Å²) in [6.45, 7) is 0. The molecule has 0 saturated heterocycles. The predicted octanol–water partition coefficient (Wildman–Crippen LogP) is -1.50. The SMILES string of the molecule is BC1(B)Oc2cc(F)cc(Nc3cc(NC)n4ncc(NC(=O)N[C@@H]5C[C@@H]5F)c4n3)c2OC1(B)B. The number of fused-ring (bicyclic) bond motifs is 2. The third-order valence-electron chi connectivity index (χ3n) is 6.46. The summed E-state index contributed by atoms with van der Waals surface area (Å²) >= 11 is 0. The maximum absolute atomic E-state index is 14.5. The summed E-state index contributed by atoms with van der Waals surface area (Å²) in [6, 6.07) is 3.23. The van der Waals surface area contributed by atoms with E-state index in [1.807, 2.05) is 31.4 Å². The first-order valence-corrected chi connectivity index (χ1v) is 11.2. The van der Waals surface area contributed by atoms with Crippen molar-refractivity contribution in [2.75, 3.05) is 23.0 Å². The normalized spacial score (nSPS) is 21.2. The Labute approximate surface area is 203 Å². The molecule has 0 radical (unpaired) electrons.